The Labute approximate surface area is 137 Å². The number of thiophene rings is 1. The molecule has 0 spiro atoms. The lowest BCUT2D eigenvalue weighted by Crippen LogP contribution is -2.13. The fourth-order valence-corrected chi connectivity index (χ4v) is 2.99. The summed E-state index contributed by atoms with van der Waals surface area (Å²) < 4.78 is 6.57. The standard InChI is InChI=1S/C17H14N2O3S/c1-22-17(21)12-5-4-6-13(11-12)18-16(20)15-14(7-10-23-15)19-8-2-3-9-19/h2-11H,1H3,(H,18,20). The summed E-state index contributed by atoms with van der Waals surface area (Å²) in [4.78, 5) is 24.7. The number of nitrogens with one attached hydrogen (secondary N) is 1. The van der Waals surface area contributed by atoms with E-state index in [1.807, 2.05) is 40.5 Å². The van der Waals surface area contributed by atoms with E-state index in [4.69, 9.17) is 0 Å². The van der Waals surface area contributed by atoms with E-state index >= 15 is 0 Å². The molecule has 0 saturated carbocycles. The molecule has 0 fully saturated rings. The monoisotopic (exact) mass is 326 g/mol. The van der Waals surface area contributed by atoms with Gasteiger partial charge in [-0.3, -0.25) is 4.79 Å². The molecule has 3 aromatic rings. The minimum absolute atomic E-state index is 0.217. The molecule has 1 amide bonds. The number of anilines is 1. The average molecular weight is 326 g/mol. The topological polar surface area (TPSA) is 60.3 Å². The Bertz CT molecular complexity index is 837. The van der Waals surface area contributed by atoms with Crippen molar-refractivity contribution in [1.82, 2.24) is 4.57 Å². The fourth-order valence-electron chi connectivity index (χ4n) is 2.20. The lowest BCUT2D eigenvalue weighted by atomic mass is 10.2. The second kappa shape index (κ2) is 6.50. The second-order valence-corrected chi connectivity index (χ2v) is 5.67. The van der Waals surface area contributed by atoms with Gasteiger partial charge in [-0.05, 0) is 41.8 Å². The van der Waals surface area contributed by atoms with Gasteiger partial charge >= 0.3 is 5.97 Å². The van der Waals surface area contributed by atoms with E-state index in [-0.39, 0.29) is 5.91 Å². The molecular weight excluding hydrogens is 312 g/mol. The Balaban J connectivity index is 1.83. The van der Waals surface area contributed by atoms with Crippen LogP contribution in [0.4, 0.5) is 5.69 Å². The van der Waals surface area contributed by atoms with Gasteiger partial charge < -0.3 is 14.6 Å². The number of rotatable bonds is 4. The fraction of sp³-hybridized carbons (Fsp3) is 0.0588. The van der Waals surface area contributed by atoms with E-state index in [9.17, 15) is 9.59 Å². The maximum atomic E-state index is 12.5. The van der Waals surface area contributed by atoms with Crippen LogP contribution in [-0.4, -0.2) is 23.6 Å². The predicted molar refractivity (Wildman–Crippen MR) is 89.4 cm³/mol. The molecule has 1 aromatic carbocycles. The van der Waals surface area contributed by atoms with E-state index in [1.54, 1.807) is 24.3 Å². The first-order valence-corrected chi connectivity index (χ1v) is 7.77. The maximum absolute atomic E-state index is 12.5. The lowest BCUT2D eigenvalue weighted by Gasteiger charge is -2.08. The van der Waals surface area contributed by atoms with Crippen molar-refractivity contribution in [3.8, 4) is 5.69 Å². The third kappa shape index (κ3) is 3.17. The quantitative estimate of drug-likeness (QED) is 0.746. The number of esters is 1. The summed E-state index contributed by atoms with van der Waals surface area (Å²) in [6.07, 6.45) is 3.77. The number of methoxy groups -OCH3 is 1. The van der Waals surface area contributed by atoms with Crippen LogP contribution in [0.15, 0.2) is 60.2 Å². The highest BCUT2D eigenvalue weighted by molar-refractivity contribution is 7.12. The van der Waals surface area contributed by atoms with Crippen molar-refractivity contribution >= 4 is 28.9 Å². The molecule has 0 aliphatic carbocycles. The first-order valence-electron chi connectivity index (χ1n) is 6.89. The summed E-state index contributed by atoms with van der Waals surface area (Å²) >= 11 is 1.37. The van der Waals surface area contributed by atoms with Gasteiger partial charge in [-0.15, -0.1) is 11.3 Å². The molecule has 0 bridgehead atoms. The molecule has 23 heavy (non-hydrogen) atoms. The SMILES string of the molecule is COC(=O)c1cccc(NC(=O)c2sccc2-n2cccc2)c1. The summed E-state index contributed by atoms with van der Waals surface area (Å²) in [5.41, 5.74) is 1.76. The molecular formula is C17H14N2O3S. The largest absolute Gasteiger partial charge is 0.465 e. The Hall–Kier alpha value is -2.86. The molecule has 0 radical (unpaired) electrons. The number of amides is 1. The molecule has 2 heterocycles. The number of nitrogens with zero attached hydrogens (tertiary/aromatic N) is 1. The van der Waals surface area contributed by atoms with Gasteiger partial charge in [0.1, 0.15) is 4.88 Å². The third-order valence-corrected chi connectivity index (χ3v) is 4.18. The summed E-state index contributed by atoms with van der Waals surface area (Å²) in [5, 5.41) is 4.69. The van der Waals surface area contributed by atoms with Crippen LogP contribution in [0.5, 0.6) is 0 Å². The molecule has 0 saturated heterocycles. The van der Waals surface area contributed by atoms with Gasteiger partial charge in [-0.25, -0.2) is 4.79 Å². The average Bonchev–Trinajstić information content (AvgIpc) is 3.24. The highest BCUT2D eigenvalue weighted by Gasteiger charge is 2.15. The highest BCUT2D eigenvalue weighted by atomic mass is 32.1. The molecule has 0 aliphatic heterocycles. The van der Waals surface area contributed by atoms with Crippen molar-refractivity contribution in [3.05, 3.63) is 70.7 Å². The number of hydrogen-bond acceptors (Lipinski definition) is 4. The van der Waals surface area contributed by atoms with E-state index in [0.717, 1.165) is 5.69 Å². The highest BCUT2D eigenvalue weighted by Crippen LogP contribution is 2.23. The van der Waals surface area contributed by atoms with Gasteiger partial charge in [0.05, 0.1) is 18.4 Å². The lowest BCUT2D eigenvalue weighted by molar-refractivity contribution is 0.0600. The predicted octanol–water partition coefficient (Wildman–Crippen LogP) is 3.58. The molecule has 0 unspecified atom stereocenters. The number of ether oxygens (including phenoxy) is 1. The zero-order valence-electron chi connectivity index (χ0n) is 12.4. The van der Waals surface area contributed by atoms with E-state index in [0.29, 0.717) is 16.1 Å². The maximum Gasteiger partial charge on any atom is 0.337 e. The number of carbonyl (C=O) groups is 2. The summed E-state index contributed by atoms with van der Waals surface area (Å²) in [6, 6.07) is 12.4. The van der Waals surface area contributed by atoms with Crippen molar-refractivity contribution in [2.75, 3.05) is 12.4 Å². The van der Waals surface area contributed by atoms with Crippen molar-refractivity contribution < 1.29 is 14.3 Å². The first-order chi connectivity index (χ1) is 11.2. The zero-order valence-corrected chi connectivity index (χ0v) is 13.2. The summed E-state index contributed by atoms with van der Waals surface area (Å²) in [5.74, 6) is -0.657. The van der Waals surface area contributed by atoms with Gasteiger partial charge in [0.25, 0.3) is 5.91 Å². The third-order valence-electron chi connectivity index (χ3n) is 3.27. The Morgan fingerprint density at radius 2 is 1.91 bits per heavy atom. The summed E-state index contributed by atoms with van der Waals surface area (Å²) in [6.45, 7) is 0. The minimum Gasteiger partial charge on any atom is -0.465 e. The van der Waals surface area contributed by atoms with E-state index in [2.05, 4.69) is 10.1 Å². The molecule has 6 heteroatoms. The Kier molecular flexibility index (Phi) is 4.25. The second-order valence-electron chi connectivity index (χ2n) is 4.75. The Morgan fingerprint density at radius 1 is 1.13 bits per heavy atom. The van der Waals surface area contributed by atoms with E-state index in [1.165, 1.54) is 18.4 Å². The van der Waals surface area contributed by atoms with Crippen LogP contribution in [0, 0.1) is 0 Å². The van der Waals surface area contributed by atoms with Gasteiger partial charge in [-0.1, -0.05) is 6.07 Å². The molecule has 1 N–H and O–H groups in total. The van der Waals surface area contributed by atoms with Crippen LogP contribution in [0.2, 0.25) is 0 Å². The minimum atomic E-state index is -0.440. The van der Waals surface area contributed by atoms with Crippen molar-refractivity contribution in [1.29, 1.82) is 0 Å². The van der Waals surface area contributed by atoms with Crippen molar-refractivity contribution in [3.63, 3.8) is 0 Å². The van der Waals surface area contributed by atoms with Crippen LogP contribution < -0.4 is 5.32 Å². The van der Waals surface area contributed by atoms with Crippen molar-refractivity contribution in [2.45, 2.75) is 0 Å². The van der Waals surface area contributed by atoms with Gasteiger partial charge in [0.2, 0.25) is 0 Å². The van der Waals surface area contributed by atoms with Crippen LogP contribution in [0.25, 0.3) is 5.69 Å². The van der Waals surface area contributed by atoms with Crippen LogP contribution in [0.3, 0.4) is 0 Å². The summed E-state index contributed by atoms with van der Waals surface area (Å²) in [7, 11) is 1.32. The number of hydrogen-bond donors (Lipinski definition) is 1. The van der Waals surface area contributed by atoms with Gasteiger partial charge in [-0.2, -0.15) is 0 Å². The molecule has 0 atom stereocenters. The number of carbonyl (C=O) groups excluding carboxylic acids is 2. The molecule has 0 aliphatic rings. The van der Waals surface area contributed by atoms with E-state index < -0.39 is 5.97 Å². The molecule has 116 valence electrons. The smallest absolute Gasteiger partial charge is 0.337 e. The van der Waals surface area contributed by atoms with Crippen LogP contribution in [0.1, 0.15) is 20.0 Å². The Morgan fingerprint density at radius 3 is 2.65 bits per heavy atom. The van der Waals surface area contributed by atoms with Gasteiger partial charge in [0.15, 0.2) is 0 Å². The van der Waals surface area contributed by atoms with Crippen molar-refractivity contribution in [2.24, 2.45) is 0 Å². The number of aromatic nitrogens is 1. The molecule has 3 rings (SSSR count). The molecule has 5 nitrogen and oxygen atoms in total. The first kappa shape index (κ1) is 15.1. The van der Waals surface area contributed by atoms with Crippen LogP contribution >= 0.6 is 11.3 Å². The van der Waals surface area contributed by atoms with Gasteiger partial charge in [0, 0.05) is 18.1 Å². The normalized spacial score (nSPS) is 10.3. The van der Waals surface area contributed by atoms with Crippen LogP contribution in [-0.2, 0) is 4.74 Å². The molecule has 2 aromatic heterocycles. The number of benzene rings is 1. The zero-order chi connectivity index (χ0) is 16.2.